The summed E-state index contributed by atoms with van der Waals surface area (Å²) in [6.45, 7) is 4.15. The first-order valence-electron chi connectivity index (χ1n) is 13.0. The van der Waals surface area contributed by atoms with Gasteiger partial charge in [0.05, 0.1) is 18.2 Å². The first-order chi connectivity index (χ1) is 17.4. The van der Waals surface area contributed by atoms with Gasteiger partial charge in [0.2, 0.25) is 0 Å². The van der Waals surface area contributed by atoms with Crippen molar-refractivity contribution in [3.05, 3.63) is 60.2 Å². The molecule has 0 unspecified atom stereocenters. The molecule has 0 spiro atoms. The summed E-state index contributed by atoms with van der Waals surface area (Å²) in [5, 5.41) is 3.00. The number of esters is 1. The first kappa shape index (κ1) is 24.5. The van der Waals surface area contributed by atoms with Gasteiger partial charge in [-0.3, -0.25) is 9.78 Å². The Hall–Kier alpha value is -3.22. The van der Waals surface area contributed by atoms with Crippen LogP contribution in [0.25, 0.3) is 17.2 Å². The van der Waals surface area contributed by atoms with Crippen molar-refractivity contribution in [2.75, 3.05) is 6.61 Å². The van der Waals surface area contributed by atoms with E-state index in [9.17, 15) is 14.0 Å². The molecule has 2 aliphatic carbocycles. The van der Waals surface area contributed by atoms with E-state index in [2.05, 4.69) is 16.4 Å². The van der Waals surface area contributed by atoms with Gasteiger partial charge in [-0.1, -0.05) is 24.3 Å². The fourth-order valence-corrected chi connectivity index (χ4v) is 6.64. The van der Waals surface area contributed by atoms with Gasteiger partial charge in [0.1, 0.15) is 11.9 Å². The number of hydrogen-bond acceptors (Lipinski definition) is 5. The molecular weight excluding hydrogens is 459 g/mol. The third-order valence-electron chi connectivity index (χ3n) is 8.18. The molecule has 3 fully saturated rings. The number of fused-ring (bicyclic) bond motifs is 2. The van der Waals surface area contributed by atoms with Crippen molar-refractivity contribution in [1.82, 2.24) is 10.3 Å². The lowest BCUT2D eigenvalue weighted by Gasteiger charge is -2.47. The molecule has 7 heteroatoms. The molecule has 2 heterocycles. The van der Waals surface area contributed by atoms with Gasteiger partial charge in [-0.15, -0.1) is 0 Å². The number of benzene rings is 1. The minimum Gasteiger partial charge on any atom is -0.462 e. The molecule has 6 nitrogen and oxygen atoms in total. The van der Waals surface area contributed by atoms with Crippen LogP contribution < -0.4 is 5.32 Å². The number of halogens is 1. The van der Waals surface area contributed by atoms with Crippen LogP contribution in [0.2, 0.25) is 0 Å². The number of nitrogens with zero attached hydrogens (tertiary/aromatic N) is 1. The minimum atomic E-state index is -0.368. The zero-order valence-electron chi connectivity index (χ0n) is 20.7. The molecule has 0 radical (unpaired) electrons. The summed E-state index contributed by atoms with van der Waals surface area (Å²) in [5.41, 5.74) is 2.48. The molecule has 5 rings (SSSR count). The van der Waals surface area contributed by atoms with Crippen LogP contribution in [0.15, 0.2) is 48.7 Å². The number of amides is 1. The predicted octanol–water partition coefficient (Wildman–Crippen LogP) is 5.63. The maximum atomic E-state index is 13.6. The number of alkyl carbamates (subject to hydrolysis) is 1. The fraction of sp³-hybridized carbons (Fsp3) is 0.483. The van der Waals surface area contributed by atoms with E-state index in [0.29, 0.717) is 18.4 Å². The van der Waals surface area contributed by atoms with E-state index in [4.69, 9.17) is 9.47 Å². The molecule has 1 N–H and O–H groups in total. The molecule has 7 atom stereocenters. The van der Waals surface area contributed by atoms with E-state index in [-0.39, 0.29) is 47.8 Å². The molecule has 1 saturated heterocycles. The number of ether oxygens (including phenoxy) is 2. The molecule has 1 aromatic carbocycles. The summed E-state index contributed by atoms with van der Waals surface area (Å²) in [7, 11) is 0. The Balaban J connectivity index is 1.34. The van der Waals surface area contributed by atoms with Crippen molar-refractivity contribution < 1.29 is 23.5 Å². The van der Waals surface area contributed by atoms with E-state index in [1.807, 2.05) is 31.2 Å². The Bertz CT molecular complexity index is 1130. The van der Waals surface area contributed by atoms with Gasteiger partial charge in [0, 0.05) is 23.7 Å². The van der Waals surface area contributed by atoms with Crippen molar-refractivity contribution >= 4 is 18.1 Å². The van der Waals surface area contributed by atoms with Gasteiger partial charge in [-0.05, 0) is 87.1 Å². The van der Waals surface area contributed by atoms with Gasteiger partial charge >= 0.3 is 12.1 Å². The largest absolute Gasteiger partial charge is 0.462 e. The lowest BCUT2D eigenvalue weighted by molar-refractivity contribution is -0.144. The number of allylic oxidation sites excluding steroid dienone is 1. The minimum absolute atomic E-state index is 0.0679. The molecule has 1 aromatic heterocycles. The average Bonchev–Trinajstić information content (AvgIpc) is 3.15. The molecule has 2 aromatic rings. The highest BCUT2D eigenvalue weighted by atomic mass is 19.1. The Labute approximate surface area is 211 Å². The first-order valence-corrected chi connectivity index (χ1v) is 13.0. The van der Waals surface area contributed by atoms with Gasteiger partial charge in [-0.25, -0.2) is 9.18 Å². The maximum Gasteiger partial charge on any atom is 0.407 e. The molecule has 0 bridgehead atoms. The zero-order valence-corrected chi connectivity index (χ0v) is 20.7. The highest BCUT2D eigenvalue weighted by Crippen LogP contribution is 2.53. The fourth-order valence-electron chi connectivity index (χ4n) is 6.64. The molecule has 1 aliphatic heterocycles. The summed E-state index contributed by atoms with van der Waals surface area (Å²) >= 11 is 0. The third kappa shape index (κ3) is 5.01. The second-order valence-electron chi connectivity index (χ2n) is 10.3. The number of hydrogen-bond donors (Lipinski definition) is 1. The quantitative estimate of drug-likeness (QED) is 0.548. The molecule has 190 valence electrons. The molecule has 36 heavy (non-hydrogen) atoms. The normalized spacial score (nSPS) is 31.4. The van der Waals surface area contributed by atoms with Gasteiger partial charge in [-0.2, -0.15) is 0 Å². The number of aromatic nitrogens is 1. The summed E-state index contributed by atoms with van der Waals surface area (Å²) in [6.07, 6.45) is 9.07. The standard InChI is InChI=1S/C29H33FN2O4/c1-3-35-29(34)32-23-10-11-24-20(14-23)15-26-27(17(2)36-28(26)33)25(24)12-9-22-8-7-19(16-31-22)18-5-4-6-21(30)13-18/h4-9,12-13,16-17,20,23-27H,3,10-11,14-15H2,1-2H3,(H,32,34)/b12-9+/t17-,20+,23+,24+,25-,26-,27+/m0/s1. The lowest BCUT2D eigenvalue weighted by atomic mass is 9.57. The predicted molar refractivity (Wildman–Crippen MR) is 134 cm³/mol. The van der Waals surface area contributed by atoms with E-state index >= 15 is 0 Å². The second kappa shape index (κ2) is 10.4. The van der Waals surface area contributed by atoms with E-state index in [1.165, 1.54) is 12.1 Å². The van der Waals surface area contributed by atoms with E-state index in [0.717, 1.165) is 42.5 Å². The monoisotopic (exact) mass is 492 g/mol. The Kier molecular flexibility index (Phi) is 7.08. The SMILES string of the molecule is CCOC(=O)N[C@@H]1CC[C@@H]2[C@H](C1)C[C@@H]1C(=O)O[C@@H](C)[C@@H]1[C@H]2/C=C/c1ccc(-c2cccc(F)c2)cn1. The molecule has 3 aliphatic rings. The zero-order chi connectivity index (χ0) is 25.2. The van der Waals surface area contributed by atoms with Gasteiger partial charge in [0.15, 0.2) is 0 Å². The van der Waals surface area contributed by atoms with Crippen molar-refractivity contribution in [2.45, 2.75) is 51.7 Å². The van der Waals surface area contributed by atoms with Crippen molar-refractivity contribution in [3.63, 3.8) is 0 Å². The summed E-state index contributed by atoms with van der Waals surface area (Å²) in [5.74, 6) is 0.629. The average molecular weight is 493 g/mol. The van der Waals surface area contributed by atoms with Crippen molar-refractivity contribution in [2.24, 2.45) is 29.6 Å². The Morgan fingerprint density at radius 3 is 2.83 bits per heavy atom. The van der Waals surface area contributed by atoms with Crippen LogP contribution in [0, 0.1) is 35.4 Å². The number of cyclic esters (lactones) is 1. The van der Waals surface area contributed by atoms with E-state index < -0.39 is 0 Å². The van der Waals surface area contributed by atoms with Crippen LogP contribution in [0.4, 0.5) is 9.18 Å². The number of carbonyl (C=O) groups excluding carboxylic acids is 2. The second-order valence-corrected chi connectivity index (χ2v) is 10.3. The van der Waals surface area contributed by atoms with Crippen LogP contribution in [0.1, 0.15) is 45.2 Å². The van der Waals surface area contributed by atoms with Crippen LogP contribution >= 0.6 is 0 Å². The molecule has 2 saturated carbocycles. The molecular formula is C29H33FN2O4. The summed E-state index contributed by atoms with van der Waals surface area (Å²) in [6, 6.07) is 10.4. The Morgan fingerprint density at radius 1 is 1.22 bits per heavy atom. The van der Waals surface area contributed by atoms with Gasteiger partial charge in [0.25, 0.3) is 0 Å². The van der Waals surface area contributed by atoms with Crippen LogP contribution in [0.3, 0.4) is 0 Å². The summed E-state index contributed by atoms with van der Waals surface area (Å²) in [4.78, 5) is 29.2. The smallest absolute Gasteiger partial charge is 0.407 e. The van der Waals surface area contributed by atoms with Crippen LogP contribution in [-0.4, -0.2) is 35.8 Å². The number of rotatable bonds is 5. The highest BCUT2D eigenvalue weighted by molar-refractivity contribution is 5.75. The highest BCUT2D eigenvalue weighted by Gasteiger charge is 2.54. The van der Waals surface area contributed by atoms with E-state index in [1.54, 1.807) is 19.2 Å². The van der Waals surface area contributed by atoms with Crippen LogP contribution in [0.5, 0.6) is 0 Å². The Morgan fingerprint density at radius 2 is 2.08 bits per heavy atom. The number of pyridine rings is 1. The van der Waals surface area contributed by atoms with Crippen molar-refractivity contribution in [1.29, 1.82) is 0 Å². The van der Waals surface area contributed by atoms with Crippen molar-refractivity contribution in [3.8, 4) is 11.1 Å². The molecule has 1 amide bonds. The van der Waals surface area contributed by atoms with Crippen LogP contribution in [-0.2, 0) is 14.3 Å². The lowest BCUT2D eigenvalue weighted by Crippen LogP contribution is -2.48. The summed E-state index contributed by atoms with van der Waals surface area (Å²) < 4.78 is 24.3. The van der Waals surface area contributed by atoms with Gasteiger partial charge < -0.3 is 14.8 Å². The topological polar surface area (TPSA) is 77.5 Å². The number of nitrogens with one attached hydrogen (secondary N) is 1. The maximum absolute atomic E-state index is 13.6. The third-order valence-corrected chi connectivity index (χ3v) is 8.18. The number of carbonyl (C=O) groups is 2.